The van der Waals surface area contributed by atoms with Gasteiger partial charge in [0.2, 0.25) is 0 Å². The third-order valence-electron chi connectivity index (χ3n) is 3.46. The molecule has 1 saturated carbocycles. The normalized spacial score (nSPS) is 36.0. The Morgan fingerprint density at radius 1 is 1.55 bits per heavy atom. The fourth-order valence-electron chi connectivity index (χ4n) is 2.50. The van der Waals surface area contributed by atoms with Gasteiger partial charge in [0.1, 0.15) is 0 Å². The van der Waals surface area contributed by atoms with E-state index in [2.05, 4.69) is 22.9 Å². The average Bonchev–Trinajstić information content (AvgIpc) is 2.27. The van der Waals surface area contributed by atoms with Gasteiger partial charge < -0.3 is 0 Å². The molecule has 0 amide bonds. The minimum absolute atomic E-state index is 0.704. The molecule has 0 bridgehead atoms. The van der Waals surface area contributed by atoms with Gasteiger partial charge in [-0.1, -0.05) is 31.4 Å². The van der Waals surface area contributed by atoms with Crippen LogP contribution in [0.2, 0.25) is 0 Å². The van der Waals surface area contributed by atoms with Crippen LogP contribution in [0.4, 0.5) is 0 Å². The fourth-order valence-corrected chi connectivity index (χ4v) is 3.47. The van der Waals surface area contributed by atoms with Crippen LogP contribution < -0.4 is 0 Å². The Hall–Kier alpha value is 0.660. The maximum Gasteiger partial charge on any atom is 0.0169 e. The molecule has 1 spiro atoms. The summed E-state index contributed by atoms with van der Waals surface area (Å²) in [5, 5.41) is 0. The van der Waals surface area contributed by atoms with Crippen LogP contribution in [-0.4, -0.2) is 17.4 Å². The van der Waals surface area contributed by atoms with Gasteiger partial charge in [-0.3, -0.25) is 0 Å². The van der Waals surface area contributed by atoms with Crippen molar-refractivity contribution >= 4 is 22.6 Å². The molecule has 0 radical (unpaired) electrons. The van der Waals surface area contributed by atoms with Crippen molar-refractivity contribution in [2.75, 3.05) is 13.1 Å². The second-order valence-corrected chi connectivity index (χ2v) is 5.20. The van der Waals surface area contributed by atoms with E-state index in [1.165, 1.54) is 32.4 Å². The van der Waals surface area contributed by atoms with E-state index in [9.17, 15) is 0 Å². The zero-order valence-corrected chi connectivity index (χ0v) is 8.63. The van der Waals surface area contributed by atoms with Crippen LogP contribution in [-0.2, 0) is 0 Å². The van der Waals surface area contributed by atoms with Crippen LogP contribution in [0.3, 0.4) is 0 Å². The predicted octanol–water partition coefficient (Wildman–Crippen LogP) is 2.60. The Morgan fingerprint density at radius 2 is 2.27 bits per heavy atom. The Bertz CT molecular complexity index is 154. The average molecular weight is 189 g/mol. The first-order chi connectivity index (χ1) is 5.27. The lowest BCUT2D eigenvalue weighted by Gasteiger charge is -2.49. The molecule has 1 unspecified atom stereocenters. The minimum Gasteiger partial charge on any atom is -0.240 e. The van der Waals surface area contributed by atoms with E-state index < -0.39 is 0 Å². The van der Waals surface area contributed by atoms with Gasteiger partial charge in [0, 0.05) is 18.5 Å². The molecule has 0 aromatic carbocycles. The van der Waals surface area contributed by atoms with Crippen LogP contribution in [0.25, 0.3) is 0 Å². The molecular weight excluding hydrogens is 174 g/mol. The molecule has 0 N–H and O–H groups in total. The molecule has 64 valence electrons. The van der Waals surface area contributed by atoms with Gasteiger partial charge in [0.05, 0.1) is 0 Å². The van der Waals surface area contributed by atoms with E-state index in [1.807, 2.05) is 0 Å². The van der Waals surface area contributed by atoms with Crippen molar-refractivity contribution in [3.8, 4) is 0 Å². The van der Waals surface area contributed by atoms with Gasteiger partial charge in [-0.25, -0.2) is 4.31 Å². The van der Waals surface area contributed by atoms with Crippen molar-refractivity contribution < 1.29 is 0 Å². The maximum atomic E-state index is 4.19. The lowest BCUT2D eigenvalue weighted by Crippen LogP contribution is -2.53. The van der Waals surface area contributed by atoms with Crippen LogP contribution in [0.5, 0.6) is 0 Å². The van der Waals surface area contributed by atoms with Crippen molar-refractivity contribution in [1.82, 2.24) is 4.31 Å². The molecule has 1 saturated heterocycles. The molecule has 3 heteroatoms. The van der Waals surface area contributed by atoms with Gasteiger partial charge in [0.15, 0.2) is 0 Å². The quantitative estimate of drug-likeness (QED) is 0.384. The van der Waals surface area contributed by atoms with Crippen molar-refractivity contribution in [3.63, 3.8) is 0 Å². The number of nitrogens with zero attached hydrogens (tertiary/aromatic N) is 1. The van der Waals surface area contributed by atoms with Crippen molar-refractivity contribution in [2.45, 2.75) is 26.2 Å². The fraction of sp³-hybridized carbons (Fsp3) is 1.00. The number of hydrogen-bond acceptors (Lipinski definition) is 3. The first-order valence-electron chi connectivity index (χ1n) is 4.33. The van der Waals surface area contributed by atoms with Gasteiger partial charge in [0.25, 0.3) is 0 Å². The molecule has 2 rings (SSSR count). The second kappa shape index (κ2) is 2.86. The molecule has 1 aliphatic heterocycles. The highest BCUT2D eigenvalue weighted by molar-refractivity contribution is 8.67. The summed E-state index contributed by atoms with van der Waals surface area (Å²) in [6, 6.07) is 0. The van der Waals surface area contributed by atoms with E-state index >= 15 is 0 Å². The third-order valence-corrected chi connectivity index (χ3v) is 4.64. The van der Waals surface area contributed by atoms with Gasteiger partial charge in [-0.05, 0) is 23.3 Å². The zero-order chi connectivity index (χ0) is 7.90. The third kappa shape index (κ3) is 1.21. The van der Waals surface area contributed by atoms with Crippen LogP contribution in [0.15, 0.2) is 0 Å². The summed E-state index contributed by atoms with van der Waals surface area (Å²) in [5.74, 6) is 0.958. The summed E-state index contributed by atoms with van der Waals surface area (Å²) >= 11 is 4.19. The standard InChI is InChI=1S/C8H15NS2/c1-7-3-2-4-8(7)5-9(6-8)11-10/h7,10H,2-6H2,1H3. The largest absolute Gasteiger partial charge is 0.240 e. The first-order valence-corrected chi connectivity index (χ1v) is 6.16. The molecule has 1 nitrogen and oxygen atoms in total. The zero-order valence-electron chi connectivity index (χ0n) is 6.92. The summed E-state index contributed by atoms with van der Waals surface area (Å²) in [5.41, 5.74) is 0.704. The smallest absolute Gasteiger partial charge is 0.0169 e. The SMILES string of the molecule is CC1CCCC12CN(SS)C2. The second-order valence-electron chi connectivity index (χ2n) is 4.04. The summed E-state index contributed by atoms with van der Waals surface area (Å²) in [4.78, 5) is 0. The minimum atomic E-state index is 0.704. The Balaban J connectivity index is 1.94. The lowest BCUT2D eigenvalue weighted by molar-refractivity contribution is 0.0466. The Morgan fingerprint density at radius 3 is 2.73 bits per heavy atom. The molecule has 1 aliphatic carbocycles. The van der Waals surface area contributed by atoms with Crippen molar-refractivity contribution in [3.05, 3.63) is 0 Å². The monoisotopic (exact) mass is 189 g/mol. The van der Waals surface area contributed by atoms with E-state index in [4.69, 9.17) is 0 Å². The van der Waals surface area contributed by atoms with Crippen molar-refractivity contribution in [1.29, 1.82) is 0 Å². The molecule has 11 heavy (non-hydrogen) atoms. The van der Waals surface area contributed by atoms with Crippen LogP contribution >= 0.6 is 22.6 Å². The summed E-state index contributed by atoms with van der Waals surface area (Å²) in [6.45, 7) is 4.97. The lowest BCUT2D eigenvalue weighted by atomic mass is 9.74. The van der Waals surface area contributed by atoms with Gasteiger partial charge in [-0.15, -0.1) is 0 Å². The van der Waals surface area contributed by atoms with Crippen LogP contribution in [0.1, 0.15) is 26.2 Å². The molecular formula is C8H15NS2. The maximum absolute atomic E-state index is 4.19. The summed E-state index contributed by atoms with van der Waals surface area (Å²) in [6.07, 6.45) is 4.36. The van der Waals surface area contributed by atoms with Gasteiger partial charge in [-0.2, -0.15) is 0 Å². The number of thiol groups is 1. The number of rotatable bonds is 1. The summed E-state index contributed by atoms with van der Waals surface area (Å²) in [7, 11) is 1.60. The Kier molecular flexibility index (Phi) is 2.15. The summed E-state index contributed by atoms with van der Waals surface area (Å²) < 4.78 is 2.35. The predicted molar refractivity (Wildman–Crippen MR) is 53.6 cm³/mol. The topological polar surface area (TPSA) is 3.24 Å². The highest BCUT2D eigenvalue weighted by Gasteiger charge is 2.49. The molecule has 2 fully saturated rings. The molecule has 0 aromatic heterocycles. The van der Waals surface area contributed by atoms with Crippen LogP contribution in [0, 0.1) is 11.3 Å². The number of hydrogen-bond donors (Lipinski definition) is 1. The highest BCUT2D eigenvalue weighted by atomic mass is 33.1. The molecule has 2 aliphatic rings. The Labute approximate surface area is 77.9 Å². The van der Waals surface area contributed by atoms with Gasteiger partial charge >= 0.3 is 0 Å². The molecule has 0 aromatic rings. The van der Waals surface area contributed by atoms with E-state index in [1.54, 1.807) is 11.0 Å². The van der Waals surface area contributed by atoms with E-state index in [-0.39, 0.29) is 0 Å². The van der Waals surface area contributed by atoms with E-state index in [0.29, 0.717) is 5.41 Å². The molecule has 1 heterocycles. The van der Waals surface area contributed by atoms with E-state index in [0.717, 1.165) is 5.92 Å². The van der Waals surface area contributed by atoms with Crippen molar-refractivity contribution in [2.24, 2.45) is 11.3 Å². The molecule has 1 atom stereocenters. The first kappa shape index (κ1) is 8.27. The highest BCUT2D eigenvalue weighted by Crippen LogP contribution is 2.51.